The van der Waals surface area contributed by atoms with E-state index in [1.54, 1.807) is 12.4 Å². The number of nitrogens with one attached hydrogen (secondary N) is 1. The van der Waals surface area contributed by atoms with Crippen molar-refractivity contribution in [1.29, 1.82) is 0 Å². The van der Waals surface area contributed by atoms with Crippen LogP contribution in [0.15, 0.2) is 90.2 Å². The van der Waals surface area contributed by atoms with Crippen LogP contribution in [0, 0.1) is 0 Å². The van der Waals surface area contributed by atoms with E-state index in [0.717, 1.165) is 16.0 Å². The van der Waals surface area contributed by atoms with Crippen LogP contribution in [-0.2, 0) is 13.5 Å². The molecule has 8 heteroatoms. The lowest BCUT2D eigenvalue weighted by Gasteiger charge is -2.19. The van der Waals surface area contributed by atoms with Gasteiger partial charge in [-0.05, 0) is 11.1 Å². The molecule has 33 heavy (non-hydrogen) atoms. The minimum atomic E-state index is -0.505. The van der Waals surface area contributed by atoms with Gasteiger partial charge in [0.1, 0.15) is 17.4 Å². The van der Waals surface area contributed by atoms with Crippen molar-refractivity contribution in [1.82, 2.24) is 24.3 Å². The van der Waals surface area contributed by atoms with Gasteiger partial charge in [0.15, 0.2) is 4.96 Å². The molecule has 1 atom stereocenters. The van der Waals surface area contributed by atoms with Gasteiger partial charge in [-0.3, -0.25) is 14.0 Å². The number of hydrogen-bond acceptors (Lipinski definition) is 5. The number of amides is 1. The standard InChI is InChI=1S/C25H21N5O2S/c1-29-13-12-26-22(29)21(18-10-6-3-7-11-18)28-23(31)20-15-27-25-30(24(20)32)16-19(33-25)14-17-8-4-2-5-9-17/h2-13,15-16,21H,14H2,1H3,(H,28,31). The zero-order valence-electron chi connectivity index (χ0n) is 17.9. The fourth-order valence-corrected chi connectivity index (χ4v) is 4.74. The van der Waals surface area contributed by atoms with Gasteiger partial charge in [0.2, 0.25) is 0 Å². The van der Waals surface area contributed by atoms with Crippen molar-refractivity contribution in [2.75, 3.05) is 0 Å². The summed E-state index contributed by atoms with van der Waals surface area (Å²) in [6.45, 7) is 0. The van der Waals surface area contributed by atoms with Gasteiger partial charge in [-0.1, -0.05) is 60.7 Å². The predicted molar refractivity (Wildman–Crippen MR) is 128 cm³/mol. The molecule has 1 amide bonds. The molecular formula is C25H21N5O2S. The smallest absolute Gasteiger partial charge is 0.271 e. The maximum Gasteiger partial charge on any atom is 0.271 e. The Morgan fingerprint density at radius 1 is 1.06 bits per heavy atom. The first kappa shape index (κ1) is 20.8. The van der Waals surface area contributed by atoms with Crippen LogP contribution < -0.4 is 10.9 Å². The number of rotatable bonds is 6. The Morgan fingerprint density at radius 3 is 2.48 bits per heavy atom. The van der Waals surface area contributed by atoms with E-state index in [0.29, 0.717) is 17.2 Å². The number of nitrogens with zero attached hydrogens (tertiary/aromatic N) is 4. The third kappa shape index (κ3) is 4.20. The van der Waals surface area contributed by atoms with Gasteiger partial charge in [-0.25, -0.2) is 9.97 Å². The number of hydrogen-bond donors (Lipinski definition) is 1. The minimum Gasteiger partial charge on any atom is -0.338 e. The van der Waals surface area contributed by atoms with Crippen LogP contribution >= 0.6 is 11.3 Å². The van der Waals surface area contributed by atoms with Gasteiger partial charge in [0.25, 0.3) is 11.5 Å². The van der Waals surface area contributed by atoms with E-state index in [2.05, 4.69) is 15.3 Å². The fraction of sp³-hybridized carbons (Fsp3) is 0.120. The Labute approximate surface area is 194 Å². The van der Waals surface area contributed by atoms with Gasteiger partial charge >= 0.3 is 0 Å². The highest BCUT2D eigenvalue weighted by molar-refractivity contribution is 7.17. The molecule has 3 aromatic heterocycles. The average Bonchev–Trinajstić information content (AvgIpc) is 3.45. The average molecular weight is 456 g/mol. The van der Waals surface area contributed by atoms with Crippen LogP contribution in [0.4, 0.5) is 0 Å². The van der Waals surface area contributed by atoms with Crippen molar-refractivity contribution in [3.63, 3.8) is 0 Å². The number of imidazole rings is 1. The molecule has 0 aliphatic carbocycles. The zero-order valence-corrected chi connectivity index (χ0v) is 18.7. The van der Waals surface area contributed by atoms with Crippen LogP contribution in [0.2, 0.25) is 0 Å². The summed E-state index contributed by atoms with van der Waals surface area (Å²) in [6, 6.07) is 19.1. The first-order valence-electron chi connectivity index (χ1n) is 10.5. The van der Waals surface area contributed by atoms with E-state index in [-0.39, 0.29) is 11.1 Å². The SMILES string of the molecule is Cn1ccnc1C(NC(=O)c1cnc2sc(Cc3ccccc3)cn2c1=O)c1ccccc1. The Balaban J connectivity index is 1.46. The number of thiazole rings is 1. The summed E-state index contributed by atoms with van der Waals surface area (Å²) in [6.07, 6.45) is 7.33. The lowest BCUT2D eigenvalue weighted by molar-refractivity contribution is 0.0939. The molecule has 1 N–H and O–H groups in total. The number of benzene rings is 2. The maximum absolute atomic E-state index is 13.2. The molecule has 2 aromatic carbocycles. The normalized spacial score (nSPS) is 12.0. The van der Waals surface area contributed by atoms with Crippen molar-refractivity contribution < 1.29 is 4.79 Å². The summed E-state index contributed by atoms with van der Waals surface area (Å²) < 4.78 is 3.30. The predicted octanol–water partition coefficient (Wildman–Crippen LogP) is 3.60. The van der Waals surface area contributed by atoms with Crippen LogP contribution in [0.5, 0.6) is 0 Å². The van der Waals surface area contributed by atoms with Gasteiger partial charge in [0, 0.05) is 43.1 Å². The highest BCUT2D eigenvalue weighted by Gasteiger charge is 2.23. The van der Waals surface area contributed by atoms with E-state index in [1.165, 1.54) is 21.9 Å². The second-order valence-electron chi connectivity index (χ2n) is 7.70. The van der Waals surface area contributed by atoms with Crippen molar-refractivity contribution in [3.05, 3.63) is 123 Å². The summed E-state index contributed by atoms with van der Waals surface area (Å²) in [7, 11) is 1.87. The molecule has 1 unspecified atom stereocenters. The number of aromatic nitrogens is 4. The molecule has 0 spiro atoms. The van der Waals surface area contributed by atoms with Crippen molar-refractivity contribution in [3.8, 4) is 0 Å². The quantitative estimate of drug-likeness (QED) is 0.424. The Bertz CT molecular complexity index is 1470. The molecular weight excluding hydrogens is 434 g/mol. The van der Waals surface area contributed by atoms with Crippen LogP contribution in [0.1, 0.15) is 38.2 Å². The third-order valence-corrected chi connectivity index (χ3v) is 6.44. The second-order valence-corrected chi connectivity index (χ2v) is 8.80. The summed E-state index contributed by atoms with van der Waals surface area (Å²) >= 11 is 1.44. The van der Waals surface area contributed by atoms with E-state index in [4.69, 9.17) is 0 Å². The first-order valence-corrected chi connectivity index (χ1v) is 11.3. The number of aryl methyl sites for hydroxylation is 1. The highest BCUT2D eigenvalue weighted by atomic mass is 32.1. The van der Waals surface area contributed by atoms with E-state index in [9.17, 15) is 9.59 Å². The molecule has 0 aliphatic rings. The van der Waals surface area contributed by atoms with Crippen LogP contribution in [0.3, 0.4) is 0 Å². The van der Waals surface area contributed by atoms with E-state index < -0.39 is 11.9 Å². The number of carbonyl (C=O) groups is 1. The van der Waals surface area contributed by atoms with E-state index in [1.807, 2.05) is 78.5 Å². The highest BCUT2D eigenvalue weighted by Crippen LogP contribution is 2.21. The topological polar surface area (TPSA) is 81.3 Å². The maximum atomic E-state index is 13.2. The second kappa shape index (κ2) is 8.84. The largest absolute Gasteiger partial charge is 0.338 e. The van der Waals surface area contributed by atoms with Gasteiger partial charge < -0.3 is 9.88 Å². The van der Waals surface area contributed by atoms with Gasteiger partial charge in [-0.2, -0.15) is 0 Å². The summed E-state index contributed by atoms with van der Waals surface area (Å²) in [4.78, 5) is 36.7. The Morgan fingerprint density at radius 2 is 1.79 bits per heavy atom. The van der Waals surface area contributed by atoms with E-state index >= 15 is 0 Å². The molecule has 0 bridgehead atoms. The van der Waals surface area contributed by atoms with Crippen molar-refractivity contribution in [2.24, 2.45) is 7.05 Å². The Hall–Kier alpha value is -4.04. The molecule has 0 aliphatic heterocycles. The molecule has 0 radical (unpaired) electrons. The van der Waals surface area contributed by atoms with Crippen LogP contribution in [-0.4, -0.2) is 24.8 Å². The van der Waals surface area contributed by atoms with Gasteiger partial charge in [-0.15, -0.1) is 11.3 Å². The van der Waals surface area contributed by atoms with Crippen molar-refractivity contribution in [2.45, 2.75) is 12.5 Å². The number of carbonyl (C=O) groups excluding carboxylic acids is 1. The molecule has 0 saturated carbocycles. The van der Waals surface area contributed by atoms with Crippen molar-refractivity contribution >= 4 is 22.2 Å². The molecule has 3 heterocycles. The number of fused-ring (bicyclic) bond motifs is 1. The summed E-state index contributed by atoms with van der Waals surface area (Å²) in [5, 5.41) is 2.97. The summed E-state index contributed by atoms with van der Waals surface area (Å²) in [5.74, 6) is 0.180. The molecule has 0 fully saturated rings. The molecule has 164 valence electrons. The molecule has 0 saturated heterocycles. The third-order valence-electron chi connectivity index (χ3n) is 5.45. The van der Waals surface area contributed by atoms with Gasteiger partial charge in [0.05, 0.1) is 0 Å². The minimum absolute atomic E-state index is 0.00768. The molecule has 7 nitrogen and oxygen atoms in total. The van der Waals surface area contributed by atoms with Crippen LogP contribution in [0.25, 0.3) is 4.96 Å². The summed E-state index contributed by atoms with van der Waals surface area (Å²) in [5.41, 5.74) is 1.62. The first-order chi connectivity index (χ1) is 16.1. The fourth-order valence-electron chi connectivity index (χ4n) is 3.77. The lowest BCUT2D eigenvalue weighted by atomic mass is 10.1. The Kier molecular flexibility index (Phi) is 5.58. The lowest BCUT2D eigenvalue weighted by Crippen LogP contribution is -2.35. The molecule has 5 rings (SSSR count). The molecule has 5 aromatic rings. The monoisotopic (exact) mass is 455 g/mol. The zero-order chi connectivity index (χ0) is 22.8.